The van der Waals surface area contributed by atoms with E-state index in [9.17, 15) is 4.79 Å². The normalized spacial score (nSPS) is 16.6. The third-order valence-electron chi connectivity index (χ3n) is 4.04. The summed E-state index contributed by atoms with van der Waals surface area (Å²) in [6.45, 7) is 0.826. The molecule has 0 heterocycles. The Morgan fingerprint density at radius 1 is 1.20 bits per heavy atom. The van der Waals surface area contributed by atoms with Gasteiger partial charge in [-0.2, -0.15) is 0 Å². The van der Waals surface area contributed by atoms with Crippen LogP contribution >= 0.6 is 0 Å². The van der Waals surface area contributed by atoms with Crippen molar-refractivity contribution < 1.29 is 4.79 Å². The number of hydrogen-bond acceptors (Lipinski definition) is 2. The highest BCUT2D eigenvalue weighted by molar-refractivity contribution is 5.90. The van der Waals surface area contributed by atoms with Crippen LogP contribution in [0.2, 0.25) is 0 Å². The van der Waals surface area contributed by atoms with E-state index in [1.165, 1.54) is 44.1 Å². The summed E-state index contributed by atoms with van der Waals surface area (Å²) in [6, 6.07) is 8.07. The molecule has 1 aromatic carbocycles. The van der Waals surface area contributed by atoms with Gasteiger partial charge in [0.15, 0.2) is 0 Å². The summed E-state index contributed by atoms with van der Waals surface area (Å²) in [5.74, 6) is 0.747. The first-order chi connectivity index (χ1) is 9.78. The minimum Gasteiger partial charge on any atom is -0.326 e. The van der Waals surface area contributed by atoms with Crippen molar-refractivity contribution in [1.29, 1.82) is 0 Å². The van der Waals surface area contributed by atoms with Crippen LogP contribution in [0.5, 0.6) is 0 Å². The van der Waals surface area contributed by atoms with Crippen molar-refractivity contribution in [3.8, 4) is 0 Å². The first kappa shape index (κ1) is 15.0. The number of hydrogen-bond donors (Lipinski definition) is 2. The van der Waals surface area contributed by atoms with Crippen LogP contribution in [0.1, 0.15) is 50.5 Å². The van der Waals surface area contributed by atoms with E-state index in [4.69, 9.17) is 0 Å². The molecule has 20 heavy (non-hydrogen) atoms. The second-order valence-electron chi connectivity index (χ2n) is 5.84. The minimum absolute atomic E-state index is 0.165. The summed E-state index contributed by atoms with van der Waals surface area (Å²) in [5, 5.41) is 6.17. The van der Waals surface area contributed by atoms with Gasteiger partial charge in [-0.25, -0.2) is 0 Å². The van der Waals surface area contributed by atoms with Gasteiger partial charge in [0, 0.05) is 18.7 Å². The molecule has 0 atom stereocenters. The molecule has 0 unspecified atom stereocenters. The van der Waals surface area contributed by atoms with E-state index in [0.717, 1.165) is 12.2 Å². The molecule has 2 N–H and O–H groups in total. The Labute approximate surface area is 122 Å². The van der Waals surface area contributed by atoms with E-state index < -0.39 is 0 Å². The zero-order valence-corrected chi connectivity index (χ0v) is 12.5. The summed E-state index contributed by atoms with van der Waals surface area (Å²) in [7, 11) is 1.93. The van der Waals surface area contributed by atoms with Crippen molar-refractivity contribution in [2.45, 2.75) is 51.5 Å². The third-order valence-corrected chi connectivity index (χ3v) is 4.04. The SMILES string of the molecule is CNCc1cccc(NC(=O)CC2CCCCCC2)c1. The topological polar surface area (TPSA) is 41.1 Å². The second kappa shape index (κ2) is 8.05. The molecule has 0 aromatic heterocycles. The summed E-state index contributed by atoms with van der Waals surface area (Å²) in [4.78, 5) is 12.1. The number of benzene rings is 1. The van der Waals surface area contributed by atoms with Gasteiger partial charge in [-0.3, -0.25) is 4.79 Å². The molecule has 3 nitrogen and oxygen atoms in total. The van der Waals surface area contributed by atoms with Crippen LogP contribution in [-0.2, 0) is 11.3 Å². The van der Waals surface area contributed by atoms with E-state index in [0.29, 0.717) is 12.3 Å². The van der Waals surface area contributed by atoms with Crippen LogP contribution in [0.25, 0.3) is 0 Å². The van der Waals surface area contributed by atoms with Crippen molar-refractivity contribution in [3.63, 3.8) is 0 Å². The van der Waals surface area contributed by atoms with Crippen LogP contribution < -0.4 is 10.6 Å². The van der Waals surface area contributed by atoms with Gasteiger partial charge < -0.3 is 10.6 Å². The van der Waals surface area contributed by atoms with Crippen molar-refractivity contribution in [1.82, 2.24) is 5.32 Å². The summed E-state index contributed by atoms with van der Waals surface area (Å²) in [5.41, 5.74) is 2.11. The Balaban J connectivity index is 1.85. The van der Waals surface area contributed by atoms with Gasteiger partial charge in [0.25, 0.3) is 0 Å². The fourth-order valence-corrected chi connectivity index (χ4v) is 3.01. The predicted molar refractivity (Wildman–Crippen MR) is 83.6 cm³/mol. The highest BCUT2D eigenvalue weighted by Crippen LogP contribution is 2.25. The lowest BCUT2D eigenvalue weighted by Gasteiger charge is -2.14. The molecule has 2 rings (SSSR count). The number of rotatable bonds is 5. The van der Waals surface area contributed by atoms with Crippen LogP contribution in [0.3, 0.4) is 0 Å². The molecule has 1 fully saturated rings. The molecule has 0 aliphatic heterocycles. The molecular weight excluding hydrogens is 248 g/mol. The van der Waals surface area contributed by atoms with Crippen LogP contribution in [0.15, 0.2) is 24.3 Å². The number of amides is 1. The van der Waals surface area contributed by atoms with Gasteiger partial charge in [-0.15, -0.1) is 0 Å². The molecule has 110 valence electrons. The first-order valence-electron chi connectivity index (χ1n) is 7.81. The van der Waals surface area contributed by atoms with Crippen LogP contribution in [0.4, 0.5) is 5.69 Å². The van der Waals surface area contributed by atoms with Gasteiger partial charge in [0.05, 0.1) is 0 Å². The average molecular weight is 274 g/mol. The fraction of sp³-hybridized carbons (Fsp3) is 0.588. The monoisotopic (exact) mass is 274 g/mol. The number of anilines is 1. The minimum atomic E-state index is 0.165. The molecule has 1 aliphatic carbocycles. The van der Waals surface area contributed by atoms with Gasteiger partial charge in [-0.1, -0.05) is 37.8 Å². The average Bonchev–Trinajstić information content (AvgIpc) is 2.68. The van der Waals surface area contributed by atoms with E-state index in [-0.39, 0.29) is 5.91 Å². The van der Waals surface area contributed by atoms with E-state index in [1.54, 1.807) is 0 Å². The molecular formula is C17H26N2O. The van der Waals surface area contributed by atoms with E-state index in [1.807, 2.05) is 25.2 Å². The maximum Gasteiger partial charge on any atom is 0.224 e. The van der Waals surface area contributed by atoms with Crippen molar-refractivity contribution in [2.75, 3.05) is 12.4 Å². The highest BCUT2D eigenvalue weighted by Gasteiger charge is 2.16. The molecule has 1 aliphatic rings. The summed E-state index contributed by atoms with van der Waals surface area (Å²) >= 11 is 0. The number of carbonyl (C=O) groups excluding carboxylic acids is 1. The van der Waals surface area contributed by atoms with Gasteiger partial charge in [-0.05, 0) is 43.5 Å². The molecule has 0 radical (unpaired) electrons. The molecule has 0 spiro atoms. The molecule has 1 amide bonds. The molecule has 1 aromatic rings. The summed E-state index contributed by atoms with van der Waals surface area (Å²) < 4.78 is 0. The quantitative estimate of drug-likeness (QED) is 0.804. The summed E-state index contributed by atoms with van der Waals surface area (Å²) in [6.07, 6.45) is 8.36. The lowest BCUT2D eigenvalue weighted by Crippen LogP contribution is -2.16. The smallest absolute Gasteiger partial charge is 0.224 e. The Kier molecular flexibility index (Phi) is 6.06. The maximum absolute atomic E-state index is 12.1. The maximum atomic E-state index is 12.1. The fourth-order valence-electron chi connectivity index (χ4n) is 3.01. The first-order valence-corrected chi connectivity index (χ1v) is 7.81. The van der Waals surface area contributed by atoms with Crippen molar-refractivity contribution in [3.05, 3.63) is 29.8 Å². The van der Waals surface area contributed by atoms with E-state index in [2.05, 4.69) is 16.7 Å². The second-order valence-corrected chi connectivity index (χ2v) is 5.84. The molecule has 1 saturated carbocycles. The van der Waals surface area contributed by atoms with Gasteiger partial charge in [0.2, 0.25) is 5.91 Å². The highest BCUT2D eigenvalue weighted by atomic mass is 16.1. The van der Waals surface area contributed by atoms with Crippen LogP contribution in [-0.4, -0.2) is 13.0 Å². The van der Waals surface area contributed by atoms with Crippen molar-refractivity contribution in [2.24, 2.45) is 5.92 Å². The Hall–Kier alpha value is -1.35. The van der Waals surface area contributed by atoms with Gasteiger partial charge >= 0.3 is 0 Å². The standard InChI is InChI=1S/C17H26N2O/c1-18-13-15-9-6-10-16(11-15)19-17(20)12-14-7-4-2-3-5-8-14/h6,9-11,14,18H,2-5,7-8,12-13H2,1H3,(H,19,20). The van der Waals surface area contributed by atoms with Crippen LogP contribution in [0, 0.1) is 5.92 Å². The lowest BCUT2D eigenvalue weighted by atomic mass is 9.96. The zero-order chi connectivity index (χ0) is 14.2. The zero-order valence-electron chi connectivity index (χ0n) is 12.5. The largest absolute Gasteiger partial charge is 0.326 e. The lowest BCUT2D eigenvalue weighted by molar-refractivity contribution is -0.117. The Morgan fingerprint density at radius 2 is 1.95 bits per heavy atom. The van der Waals surface area contributed by atoms with E-state index >= 15 is 0 Å². The predicted octanol–water partition coefficient (Wildman–Crippen LogP) is 3.71. The molecule has 0 saturated heterocycles. The number of carbonyl (C=O) groups is 1. The third kappa shape index (κ3) is 4.97. The molecule has 0 bridgehead atoms. The van der Waals surface area contributed by atoms with Gasteiger partial charge in [0.1, 0.15) is 0 Å². The van der Waals surface area contributed by atoms with Crippen molar-refractivity contribution >= 4 is 11.6 Å². The Morgan fingerprint density at radius 3 is 2.65 bits per heavy atom. The Bertz CT molecular complexity index is 423. The molecule has 3 heteroatoms. The number of nitrogens with one attached hydrogen (secondary N) is 2.